The standard InChI is InChI=1S/C14H14FNO3S/c1-8(2)13-16-11(7-20-13)6-19-12-4-9(14(17)18)3-10(15)5-12/h3-5,7-8H,6H2,1-2H3,(H,17,18). The van der Waals surface area contributed by atoms with Crippen molar-refractivity contribution in [1.82, 2.24) is 4.98 Å². The normalized spacial score (nSPS) is 10.8. The second-order valence-corrected chi connectivity index (χ2v) is 5.49. The van der Waals surface area contributed by atoms with Crippen molar-refractivity contribution in [2.45, 2.75) is 26.4 Å². The predicted molar refractivity (Wildman–Crippen MR) is 73.9 cm³/mol. The summed E-state index contributed by atoms with van der Waals surface area (Å²) in [4.78, 5) is 15.2. The van der Waals surface area contributed by atoms with Crippen LogP contribution >= 0.6 is 11.3 Å². The van der Waals surface area contributed by atoms with Crippen LogP contribution in [0.15, 0.2) is 23.6 Å². The Morgan fingerprint density at radius 3 is 2.80 bits per heavy atom. The first-order valence-corrected chi connectivity index (χ1v) is 6.94. The van der Waals surface area contributed by atoms with Crippen LogP contribution in [0.4, 0.5) is 4.39 Å². The number of aromatic nitrogens is 1. The molecule has 0 radical (unpaired) electrons. The Balaban J connectivity index is 2.08. The van der Waals surface area contributed by atoms with Crippen LogP contribution < -0.4 is 4.74 Å². The number of benzene rings is 1. The van der Waals surface area contributed by atoms with Crippen molar-refractivity contribution < 1.29 is 19.0 Å². The number of thiazole rings is 1. The van der Waals surface area contributed by atoms with Crippen molar-refractivity contribution in [2.75, 3.05) is 0 Å². The molecule has 0 bridgehead atoms. The molecule has 6 heteroatoms. The fourth-order valence-electron chi connectivity index (χ4n) is 1.58. The highest BCUT2D eigenvalue weighted by atomic mass is 32.1. The van der Waals surface area contributed by atoms with Crippen LogP contribution in [0.5, 0.6) is 5.75 Å². The summed E-state index contributed by atoms with van der Waals surface area (Å²) in [5.74, 6) is -1.30. The molecule has 0 saturated carbocycles. The molecule has 0 atom stereocenters. The summed E-state index contributed by atoms with van der Waals surface area (Å²) in [6, 6.07) is 3.40. The number of carboxylic acid groups (broad SMARTS) is 1. The van der Waals surface area contributed by atoms with Gasteiger partial charge in [0, 0.05) is 17.4 Å². The van der Waals surface area contributed by atoms with Gasteiger partial charge < -0.3 is 9.84 Å². The Labute approximate surface area is 119 Å². The molecule has 0 aliphatic heterocycles. The quantitative estimate of drug-likeness (QED) is 0.914. The Morgan fingerprint density at radius 1 is 1.45 bits per heavy atom. The number of hydrogen-bond acceptors (Lipinski definition) is 4. The van der Waals surface area contributed by atoms with Gasteiger partial charge in [-0.1, -0.05) is 13.8 Å². The molecule has 0 fully saturated rings. The molecule has 1 aromatic carbocycles. The number of rotatable bonds is 5. The minimum absolute atomic E-state index is 0.138. The molecule has 1 N–H and O–H groups in total. The minimum atomic E-state index is -1.19. The monoisotopic (exact) mass is 295 g/mol. The first kappa shape index (κ1) is 14.5. The van der Waals surface area contributed by atoms with Gasteiger partial charge in [-0.3, -0.25) is 0 Å². The van der Waals surface area contributed by atoms with Crippen LogP contribution in [0, 0.1) is 5.82 Å². The maximum atomic E-state index is 13.3. The zero-order valence-electron chi connectivity index (χ0n) is 11.1. The van der Waals surface area contributed by atoms with E-state index in [2.05, 4.69) is 18.8 Å². The van der Waals surface area contributed by atoms with Crippen molar-refractivity contribution in [3.63, 3.8) is 0 Å². The van der Waals surface area contributed by atoms with E-state index in [1.165, 1.54) is 6.07 Å². The van der Waals surface area contributed by atoms with Crippen LogP contribution in [0.3, 0.4) is 0 Å². The number of aromatic carboxylic acids is 1. The maximum absolute atomic E-state index is 13.3. The highest BCUT2D eigenvalue weighted by molar-refractivity contribution is 7.09. The Hall–Kier alpha value is -1.95. The van der Waals surface area contributed by atoms with E-state index in [1.807, 2.05) is 5.38 Å². The van der Waals surface area contributed by atoms with E-state index in [-0.39, 0.29) is 17.9 Å². The number of halogens is 1. The average molecular weight is 295 g/mol. The summed E-state index contributed by atoms with van der Waals surface area (Å²) in [6.45, 7) is 4.29. The maximum Gasteiger partial charge on any atom is 0.335 e. The molecule has 0 amide bonds. The third-order valence-electron chi connectivity index (χ3n) is 2.57. The van der Waals surface area contributed by atoms with E-state index < -0.39 is 11.8 Å². The molecular weight excluding hydrogens is 281 g/mol. The van der Waals surface area contributed by atoms with E-state index >= 15 is 0 Å². The predicted octanol–water partition coefficient (Wildman–Crippen LogP) is 3.68. The van der Waals surface area contributed by atoms with Crippen LogP contribution in [0.1, 0.15) is 40.8 Å². The molecule has 0 aliphatic rings. The van der Waals surface area contributed by atoms with Gasteiger partial charge in [-0.25, -0.2) is 14.2 Å². The first-order valence-electron chi connectivity index (χ1n) is 6.06. The topological polar surface area (TPSA) is 59.4 Å². The van der Waals surface area contributed by atoms with Gasteiger partial charge >= 0.3 is 5.97 Å². The molecular formula is C14H14FNO3S. The number of nitrogens with zero attached hydrogens (tertiary/aromatic N) is 1. The molecule has 1 heterocycles. The van der Waals surface area contributed by atoms with Crippen molar-refractivity contribution in [2.24, 2.45) is 0 Å². The number of carbonyl (C=O) groups is 1. The molecule has 106 valence electrons. The van der Waals surface area contributed by atoms with Crippen molar-refractivity contribution in [1.29, 1.82) is 0 Å². The molecule has 0 spiro atoms. The number of hydrogen-bond donors (Lipinski definition) is 1. The van der Waals surface area contributed by atoms with Crippen LogP contribution in [-0.2, 0) is 6.61 Å². The lowest BCUT2D eigenvalue weighted by Crippen LogP contribution is -2.01. The fraction of sp³-hybridized carbons (Fsp3) is 0.286. The van der Waals surface area contributed by atoms with Gasteiger partial charge in [-0.15, -0.1) is 11.3 Å². The third-order valence-corrected chi connectivity index (χ3v) is 3.76. The van der Waals surface area contributed by atoms with Gasteiger partial charge in [0.1, 0.15) is 18.2 Å². The van der Waals surface area contributed by atoms with E-state index in [0.29, 0.717) is 5.92 Å². The molecule has 4 nitrogen and oxygen atoms in total. The first-order chi connectivity index (χ1) is 9.45. The van der Waals surface area contributed by atoms with Crippen molar-refractivity contribution in [3.05, 3.63) is 45.7 Å². The van der Waals surface area contributed by atoms with E-state index in [1.54, 1.807) is 11.3 Å². The highest BCUT2D eigenvalue weighted by Crippen LogP contribution is 2.21. The van der Waals surface area contributed by atoms with Gasteiger partial charge in [-0.05, 0) is 12.1 Å². The molecule has 0 unspecified atom stereocenters. The van der Waals surface area contributed by atoms with Gasteiger partial charge in [0.15, 0.2) is 0 Å². The largest absolute Gasteiger partial charge is 0.487 e. The second kappa shape index (κ2) is 6.00. The molecule has 20 heavy (non-hydrogen) atoms. The Kier molecular flexibility index (Phi) is 4.34. The smallest absolute Gasteiger partial charge is 0.335 e. The van der Waals surface area contributed by atoms with Crippen LogP contribution in [-0.4, -0.2) is 16.1 Å². The van der Waals surface area contributed by atoms with Gasteiger partial charge in [0.2, 0.25) is 0 Å². The van der Waals surface area contributed by atoms with Crippen molar-refractivity contribution in [3.8, 4) is 5.75 Å². The zero-order valence-corrected chi connectivity index (χ0v) is 11.9. The summed E-state index contributed by atoms with van der Waals surface area (Å²) in [6.07, 6.45) is 0. The van der Waals surface area contributed by atoms with Gasteiger partial charge in [0.05, 0.1) is 16.3 Å². The summed E-state index contributed by atoms with van der Waals surface area (Å²) in [5, 5.41) is 11.7. The SMILES string of the molecule is CC(C)c1nc(COc2cc(F)cc(C(=O)O)c2)cs1. The lowest BCUT2D eigenvalue weighted by atomic mass is 10.2. The van der Waals surface area contributed by atoms with E-state index in [9.17, 15) is 9.18 Å². The molecule has 2 rings (SSSR count). The van der Waals surface area contributed by atoms with Crippen LogP contribution in [0.2, 0.25) is 0 Å². The third kappa shape index (κ3) is 3.54. The van der Waals surface area contributed by atoms with E-state index in [4.69, 9.17) is 9.84 Å². The lowest BCUT2D eigenvalue weighted by molar-refractivity contribution is 0.0695. The summed E-state index contributed by atoms with van der Waals surface area (Å²) >= 11 is 1.54. The number of carboxylic acids is 1. The Bertz CT molecular complexity index is 625. The minimum Gasteiger partial charge on any atom is -0.487 e. The van der Waals surface area contributed by atoms with Gasteiger partial charge in [0.25, 0.3) is 0 Å². The zero-order chi connectivity index (χ0) is 14.7. The average Bonchev–Trinajstić information content (AvgIpc) is 2.84. The summed E-state index contributed by atoms with van der Waals surface area (Å²) in [5.41, 5.74) is 0.612. The number of ether oxygens (including phenoxy) is 1. The molecule has 0 aliphatic carbocycles. The second-order valence-electron chi connectivity index (χ2n) is 4.60. The van der Waals surface area contributed by atoms with E-state index in [0.717, 1.165) is 22.8 Å². The fourth-order valence-corrected chi connectivity index (χ4v) is 2.40. The Morgan fingerprint density at radius 2 is 2.20 bits per heavy atom. The molecule has 2 aromatic rings. The molecule has 0 saturated heterocycles. The van der Waals surface area contributed by atoms with Gasteiger partial charge in [-0.2, -0.15) is 0 Å². The van der Waals surface area contributed by atoms with Crippen molar-refractivity contribution >= 4 is 17.3 Å². The van der Waals surface area contributed by atoms with Crippen LogP contribution in [0.25, 0.3) is 0 Å². The molecule has 1 aromatic heterocycles. The summed E-state index contributed by atoms with van der Waals surface area (Å²) < 4.78 is 18.7. The highest BCUT2D eigenvalue weighted by Gasteiger charge is 2.10. The summed E-state index contributed by atoms with van der Waals surface area (Å²) in [7, 11) is 0. The lowest BCUT2D eigenvalue weighted by Gasteiger charge is -2.05.